The number of likely N-dealkylation sites (N-methyl/N-ethyl adjacent to an activating group) is 1. The van der Waals surface area contributed by atoms with Gasteiger partial charge in [-0.25, -0.2) is 17.9 Å². The second-order valence-electron chi connectivity index (χ2n) is 8.29. The summed E-state index contributed by atoms with van der Waals surface area (Å²) in [6.45, 7) is -0.640. The maximum Gasteiger partial charge on any atom is 0.258 e. The molecule has 14 heteroatoms. The number of rotatable bonds is 6. The summed E-state index contributed by atoms with van der Waals surface area (Å²) >= 11 is 9.46. The van der Waals surface area contributed by atoms with Crippen LogP contribution in [0.3, 0.4) is 0 Å². The van der Waals surface area contributed by atoms with Crippen molar-refractivity contribution in [1.82, 2.24) is 15.0 Å². The third-order valence-corrected chi connectivity index (χ3v) is 6.98. The molecule has 3 aromatic rings. The van der Waals surface area contributed by atoms with Gasteiger partial charge in [-0.1, -0.05) is 16.8 Å². The van der Waals surface area contributed by atoms with E-state index in [0.29, 0.717) is 15.2 Å². The SMILES string of the molecule is CO[C@@H]1[C@@H](n2cc(-c3cc(F)c(F)c(F)c3)nn2)[C@@H](O)[C@@H](CO)O[C@H]1C(=O)N(C)c1cc(Cl)ccc1Br. The van der Waals surface area contributed by atoms with Crippen molar-refractivity contribution in [3.05, 3.63) is 63.5 Å². The molecular weight excluding hydrogens is 585 g/mol. The number of carbonyl (C=O) groups is 1. The van der Waals surface area contributed by atoms with Gasteiger partial charge in [-0.15, -0.1) is 5.10 Å². The number of anilines is 1. The summed E-state index contributed by atoms with van der Waals surface area (Å²) in [5.74, 6) is -5.02. The average molecular weight is 606 g/mol. The van der Waals surface area contributed by atoms with Crippen molar-refractivity contribution in [2.45, 2.75) is 30.5 Å². The Hall–Kier alpha value is -2.55. The number of amides is 1. The van der Waals surface area contributed by atoms with Gasteiger partial charge in [-0.05, 0) is 46.3 Å². The topological polar surface area (TPSA) is 110 Å². The molecule has 0 unspecified atom stereocenters. The van der Waals surface area contributed by atoms with E-state index in [9.17, 15) is 28.2 Å². The zero-order valence-corrected chi connectivity index (χ0v) is 21.7. The standard InChI is InChI=1S/C23H21BrClF3N4O5/c1-31(16-7-11(25)3-4-12(16)24)23(35)22-21(36-2)19(20(34)17(9-33)37-22)32-8-15(29-30-32)10-5-13(26)18(28)14(27)6-10/h3-8,17,19-22,33-34H,9H2,1-2H3/t17-,19+,20+,21-,22-/m1/s1. The van der Waals surface area contributed by atoms with E-state index in [-0.39, 0.29) is 11.3 Å². The highest BCUT2D eigenvalue weighted by molar-refractivity contribution is 9.10. The summed E-state index contributed by atoms with van der Waals surface area (Å²) in [6, 6.07) is 5.26. The number of methoxy groups -OCH3 is 1. The number of aliphatic hydroxyl groups excluding tert-OH is 2. The number of hydrogen-bond acceptors (Lipinski definition) is 7. The van der Waals surface area contributed by atoms with Crippen molar-refractivity contribution in [2.75, 3.05) is 25.7 Å². The van der Waals surface area contributed by atoms with E-state index in [1.807, 2.05) is 0 Å². The maximum atomic E-state index is 13.7. The van der Waals surface area contributed by atoms with Gasteiger partial charge >= 0.3 is 0 Å². The van der Waals surface area contributed by atoms with Gasteiger partial charge in [0, 0.05) is 29.2 Å². The molecule has 1 saturated heterocycles. The highest BCUT2D eigenvalue weighted by Crippen LogP contribution is 2.35. The van der Waals surface area contributed by atoms with Gasteiger partial charge < -0.3 is 24.6 Å². The first-order valence-electron chi connectivity index (χ1n) is 10.8. The van der Waals surface area contributed by atoms with E-state index in [4.69, 9.17) is 21.1 Å². The monoisotopic (exact) mass is 604 g/mol. The van der Waals surface area contributed by atoms with Crippen LogP contribution in [0.15, 0.2) is 41.0 Å². The smallest absolute Gasteiger partial charge is 0.258 e. The van der Waals surface area contributed by atoms with Crippen molar-refractivity contribution in [3.63, 3.8) is 0 Å². The Morgan fingerprint density at radius 1 is 1.27 bits per heavy atom. The first kappa shape index (κ1) is 27.5. The minimum atomic E-state index is -1.63. The summed E-state index contributed by atoms with van der Waals surface area (Å²) in [6.07, 6.45) is -3.83. The third kappa shape index (κ3) is 5.24. The van der Waals surface area contributed by atoms with Gasteiger partial charge in [-0.2, -0.15) is 0 Å². The van der Waals surface area contributed by atoms with E-state index in [2.05, 4.69) is 26.2 Å². The lowest BCUT2D eigenvalue weighted by atomic mass is 9.91. The Bertz CT molecular complexity index is 1290. The van der Waals surface area contributed by atoms with E-state index in [1.54, 1.807) is 18.2 Å². The summed E-state index contributed by atoms with van der Waals surface area (Å²) in [7, 11) is 2.79. The molecule has 37 heavy (non-hydrogen) atoms. The lowest BCUT2D eigenvalue weighted by molar-refractivity contribution is -0.211. The largest absolute Gasteiger partial charge is 0.394 e. The van der Waals surface area contributed by atoms with Crippen molar-refractivity contribution in [3.8, 4) is 11.3 Å². The Labute approximate surface area is 222 Å². The van der Waals surface area contributed by atoms with Crippen LogP contribution >= 0.6 is 27.5 Å². The predicted molar refractivity (Wildman–Crippen MR) is 129 cm³/mol. The van der Waals surface area contributed by atoms with Crippen molar-refractivity contribution in [2.24, 2.45) is 0 Å². The van der Waals surface area contributed by atoms with Crippen LogP contribution in [-0.4, -0.2) is 76.3 Å². The van der Waals surface area contributed by atoms with Crippen LogP contribution in [0.4, 0.5) is 18.9 Å². The van der Waals surface area contributed by atoms with Gasteiger partial charge in [0.1, 0.15) is 30.0 Å². The molecule has 2 N–H and O–H groups in total. The fourth-order valence-electron chi connectivity index (χ4n) is 4.17. The molecule has 1 aliphatic heterocycles. The second kappa shape index (κ2) is 11.1. The first-order valence-corrected chi connectivity index (χ1v) is 12.0. The molecule has 1 amide bonds. The average Bonchev–Trinajstić information content (AvgIpc) is 3.37. The van der Waals surface area contributed by atoms with Crippen LogP contribution in [0.1, 0.15) is 6.04 Å². The Morgan fingerprint density at radius 3 is 2.57 bits per heavy atom. The number of aliphatic hydroxyl groups is 2. The molecule has 0 bridgehead atoms. The normalized spacial score (nSPS) is 23.8. The number of carbonyl (C=O) groups excluding carboxylic acids is 1. The lowest BCUT2D eigenvalue weighted by Crippen LogP contribution is -2.60. The maximum absolute atomic E-state index is 13.7. The van der Waals surface area contributed by atoms with Crippen LogP contribution in [0.2, 0.25) is 5.02 Å². The summed E-state index contributed by atoms with van der Waals surface area (Å²) in [4.78, 5) is 14.8. The summed E-state index contributed by atoms with van der Waals surface area (Å²) < 4.78 is 53.9. The number of hydrogen-bond donors (Lipinski definition) is 2. The van der Waals surface area contributed by atoms with Gasteiger partial charge in [0.05, 0.1) is 18.5 Å². The van der Waals surface area contributed by atoms with Crippen LogP contribution < -0.4 is 4.90 Å². The molecule has 0 saturated carbocycles. The molecule has 2 heterocycles. The van der Waals surface area contributed by atoms with E-state index in [1.165, 1.54) is 25.3 Å². The van der Waals surface area contributed by atoms with Gasteiger partial charge in [-0.3, -0.25) is 4.79 Å². The number of benzene rings is 2. The van der Waals surface area contributed by atoms with Crippen LogP contribution in [0.5, 0.6) is 0 Å². The molecule has 2 aromatic carbocycles. The minimum Gasteiger partial charge on any atom is -0.394 e. The van der Waals surface area contributed by atoms with E-state index >= 15 is 0 Å². The second-order valence-corrected chi connectivity index (χ2v) is 9.58. The van der Waals surface area contributed by atoms with Crippen molar-refractivity contribution >= 4 is 39.1 Å². The zero-order chi connectivity index (χ0) is 27.0. The lowest BCUT2D eigenvalue weighted by Gasteiger charge is -2.43. The highest BCUT2D eigenvalue weighted by atomic mass is 79.9. The Kier molecular flexibility index (Phi) is 8.21. The van der Waals surface area contributed by atoms with Gasteiger partial charge in [0.2, 0.25) is 0 Å². The number of ether oxygens (including phenoxy) is 2. The Morgan fingerprint density at radius 2 is 1.95 bits per heavy atom. The molecular formula is C23H21BrClF3N4O5. The fourth-order valence-corrected chi connectivity index (χ4v) is 4.85. The molecule has 1 fully saturated rings. The van der Waals surface area contributed by atoms with Crippen molar-refractivity contribution < 1.29 is 37.7 Å². The van der Waals surface area contributed by atoms with Gasteiger partial charge in [0.25, 0.3) is 5.91 Å². The molecule has 0 aliphatic carbocycles. The van der Waals surface area contributed by atoms with Gasteiger partial charge in [0.15, 0.2) is 23.6 Å². The predicted octanol–water partition coefficient (Wildman–Crippen LogP) is 3.12. The molecule has 4 rings (SSSR count). The molecule has 1 aromatic heterocycles. The fraction of sp³-hybridized carbons (Fsp3) is 0.348. The molecule has 0 radical (unpaired) electrons. The number of halogens is 5. The summed E-state index contributed by atoms with van der Waals surface area (Å²) in [5.41, 5.74) is 0.298. The molecule has 0 spiro atoms. The molecule has 198 valence electrons. The van der Waals surface area contributed by atoms with Crippen LogP contribution in [0.25, 0.3) is 11.3 Å². The summed E-state index contributed by atoms with van der Waals surface area (Å²) in [5, 5.41) is 29.0. The highest BCUT2D eigenvalue weighted by Gasteiger charge is 2.50. The minimum absolute atomic E-state index is 0.0326. The molecule has 5 atom stereocenters. The number of nitrogens with zero attached hydrogens (tertiary/aromatic N) is 4. The molecule has 9 nitrogen and oxygen atoms in total. The first-order chi connectivity index (χ1) is 17.6. The number of aromatic nitrogens is 3. The van der Waals surface area contributed by atoms with E-state index in [0.717, 1.165) is 16.8 Å². The van der Waals surface area contributed by atoms with Crippen LogP contribution in [-0.2, 0) is 14.3 Å². The quantitative estimate of drug-likeness (QED) is 0.416. The van der Waals surface area contributed by atoms with E-state index < -0.39 is 60.4 Å². The Balaban J connectivity index is 1.70. The molecule has 1 aliphatic rings. The van der Waals surface area contributed by atoms with Crippen molar-refractivity contribution in [1.29, 1.82) is 0 Å². The van der Waals surface area contributed by atoms with Crippen LogP contribution in [0, 0.1) is 17.5 Å². The zero-order valence-electron chi connectivity index (χ0n) is 19.4. The third-order valence-electron chi connectivity index (χ3n) is 6.08.